The summed E-state index contributed by atoms with van der Waals surface area (Å²) in [4.78, 5) is 4.10. The first-order valence-corrected chi connectivity index (χ1v) is 6.33. The lowest BCUT2D eigenvalue weighted by Crippen LogP contribution is -1.99. The second kappa shape index (κ2) is 6.11. The molecule has 104 valence electrons. The van der Waals surface area contributed by atoms with Gasteiger partial charge in [0.05, 0.1) is 12.2 Å². The number of aromatic nitrogens is 2. The van der Waals surface area contributed by atoms with E-state index in [-0.39, 0.29) is 5.75 Å². The van der Waals surface area contributed by atoms with Gasteiger partial charge in [-0.15, -0.1) is 12.3 Å². The predicted molar refractivity (Wildman–Crippen MR) is 74.4 cm³/mol. The zero-order valence-corrected chi connectivity index (χ0v) is 11.5. The molecule has 0 saturated carbocycles. The van der Waals surface area contributed by atoms with E-state index >= 15 is 0 Å². The Balaban J connectivity index is 2.19. The standard InChI is InChI=1S/C15H16N2O3/c1-4-5-6-9-19-13-8-7-12(14(18)10(13)2)15-16-11(3)20-17-15/h1,7-8,18H,5-6,9H2,2-3H3. The Morgan fingerprint density at radius 2 is 2.20 bits per heavy atom. The summed E-state index contributed by atoms with van der Waals surface area (Å²) in [5, 5.41) is 14.0. The van der Waals surface area contributed by atoms with E-state index in [1.165, 1.54) is 0 Å². The molecule has 1 N–H and O–H groups in total. The summed E-state index contributed by atoms with van der Waals surface area (Å²) in [6, 6.07) is 3.50. The zero-order valence-electron chi connectivity index (χ0n) is 11.5. The predicted octanol–water partition coefficient (Wildman–Crippen LogP) is 2.85. The fraction of sp³-hybridized carbons (Fsp3) is 0.333. The molecule has 0 bridgehead atoms. The number of hydrogen-bond acceptors (Lipinski definition) is 5. The van der Waals surface area contributed by atoms with Crippen LogP contribution in [0.25, 0.3) is 11.4 Å². The van der Waals surface area contributed by atoms with Gasteiger partial charge in [-0.2, -0.15) is 4.98 Å². The average Bonchev–Trinajstić information content (AvgIpc) is 2.86. The number of aromatic hydroxyl groups is 1. The summed E-state index contributed by atoms with van der Waals surface area (Å²) < 4.78 is 10.5. The maximum absolute atomic E-state index is 10.2. The van der Waals surface area contributed by atoms with E-state index in [0.29, 0.717) is 41.6 Å². The van der Waals surface area contributed by atoms with Crippen molar-refractivity contribution < 1.29 is 14.4 Å². The molecule has 0 aliphatic heterocycles. The highest BCUT2D eigenvalue weighted by Gasteiger charge is 2.15. The molecule has 2 aromatic rings. The number of ether oxygens (including phenoxy) is 1. The summed E-state index contributed by atoms with van der Waals surface area (Å²) in [5.74, 6) is 4.10. The topological polar surface area (TPSA) is 68.4 Å². The van der Waals surface area contributed by atoms with Crippen LogP contribution < -0.4 is 4.74 Å². The highest BCUT2D eigenvalue weighted by Crippen LogP contribution is 2.35. The quantitative estimate of drug-likeness (QED) is 0.669. The molecule has 1 aromatic carbocycles. The van der Waals surface area contributed by atoms with Crippen LogP contribution in [0.3, 0.4) is 0 Å². The van der Waals surface area contributed by atoms with Crippen molar-refractivity contribution in [3.63, 3.8) is 0 Å². The summed E-state index contributed by atoms with van der Waals surface area (Å²) in [7, 11) is 0. The van der Waals surface area contributed by atoms with E-state index in [1.807, 2.05) is 0 Å². The first-order valence-electron chi connectivity index (χ1n) is 6.33. The van der Waals surface area contributed by atoms with Crippen LogP contribution in [0.2, 0.25) is 0 Å². The molecule has 0 fully saturated rings. The van der Waals surface area contributed by atoms with Gasteiger partial charge in [0.2, 0.25) is 11.7 Å². The Morgan fingerprint density at radius 3 is 2.85 bits per heavy atom. The Labute approximate surface area is 117 Å². The Bertz CT molecular complexity index is 641. The SMILES string of the molecule is C#CCCCOc1ccc(-c2noc(C)n2)c(O)c1C. The number of benzene rings is 1. The second-order valence-corrected chi connectivity index (χ2v) is 4.38. The molecule has 5 heteroatoms. The minimum atomic E-state index is 0.0975. The number of nitrogens with zero attached hydrogens (tertiary/aromatic N) is 2. The molecule has 1 heterocycles. The maximum atomic E-state index is 10.2. The molecular weight excluding hydrogens is 256 g/mol. The lowest BCUT2D eigenvalue weighted by molar-refractivity contribution is 0.308. The van der Waals surface area contributed by atoms with Crippen LogP contribution in [-0.2, 0) is 0 Å². The zero-order chi connectivity index (χ0) is 14.5. The minimum Gasteiger partial charge on any atom is -0.507 e. The molecule has 0 amide bonds. The molecule has 0 aliphatic rings. The minimum absolute atomic E-state index is 0.0975. The summed E-state index contributed by atoms with van der Waals surface area (Å²) in [6.07, 6.45) is 6.63. The van der Waals surface area contributed by atoms with E-state index in [2.05, 4.69) is 16.1 Å². The third kappa shape index (κ3) is 2.91. The van der Waals surface area contributed by atoms with E-state index in [9.17, 15) is 5.11 Å². The largest absolute Gasteiger partial charge is 0.507 e. The van der Waals surface area contributed by atoms with Gasteiger partial charge in [-0.05, 0) is 25.5 Å². The molecule has 0 atom stereocenters. The summed E-state index contributed by atoms with van der Waals surface area (Å²) >= 11 is 0. The number of phenols is 1. The van der Waals surface area contributed by atoms with Gasteiger partial charge in [-0.25, -0.2) is 0 Å². The van der Waals surface area contributed by atoms with E-state index < -0.39 is 0 Å². The van der Waals surface area contributed by atoms with Gasteiger partial charge in [-0.3, -0.25) is 0 Å². The van der Waals surface area contributed by atoms with Crippen molar-refractivity contribution in [2.75, 3.05) is 6.61 Å². The smallest absolute Gasteiger partial charge is 0.223 e. The van der Waals surface area contributed by atoms with Crippen molar-refractivity contribution in [1.82, 2.24) is 10.1 Å². The third-order valence-electron chi connectivity index (χ3n) is 2.87. The van der Waals surface area contributed by atoms with Crippen molar-refractivity contribution in [3.8, 4) is 35.2 Å². The van der Waals surface area contributed by atoms with Crippen molar-refractivity contribution in [3.05, 3.63) is 23.6 Å². The molecule has 2 rings (SSSR count). The van der Waals surface area contributed by atoms with Crippen molar-refractivity contribution in [2.45, 2.75) is 26.7 Å². The van der Waals surface area contributed by atoms with Crippen LogP contribution in [0.15, 0.2) is 16.7 Å². The molecular formula is C15H16N2O3. The van der Waals surface area contributed by atoms with Crippen LogP contribution in [0.5, 0.6) is 11.5 Å². The molecule has 5 nitrogen and oxygen atoms in total. The number of aryl methyl sites for hydroxylation is 1. The third-order valence-corrected chi connectivity index (χ3v) is 2.87. The Kier molecular flexibility index (Phi) is 4.26. The van der Waals surface area contributed by atoms with Gasteiger partial charge < -0.3 is 14.4 Å². The Hall–Kier alpha value is -2.48. The monoisotopic (exact) mass is 272 g/mol. The summed E-state index contributed by atoms with van der Waals surface area (Å²) in [6.45, 7) is 4.00. The number of hydrogen-bond donors (Lipinski definition) is 1. The molecule has 0 saturated heterocycles. The van der Waals surface area contributed by atoms with Gasteiger partial charge >= 0.3 is 0 Å². The molecule has 20 heavy (non-hydrogen) atoms. The molecule has 0 unspecified atom stereocenters. The molecule has 0 radical (unpaired) electrons. The van der Waals surface area contributed by atoms with Gasteiger partial charge in [0.15, 0.2) is 0 Å². The van der Waals surface area contributed by atoms with Crippen LogP contribution in [0.4, 0.5) is 0 Å². The highest BCUT2D eigenvalue weighted by molar-refractivity contribution is 5.68. The fourth-order valence-electron chi connectivity index (χ4n) is 1.78. The van der Waals surface area contributed by atoms with Crippen LogP contribution >= 0.6 is 0 Å². The van der Waals surface area contributed by atoms with Crippen molar-refractivity contribution >= 4 is 0 Å². The molecule has 0 spiro atoms. The van der Waals surface area contributed by atoms with Crippen molar-refractivity contribution in [2.24, 2.45) is 0 Å². The summed E-state index contributed by atoms with van der Waals surface area (Å²) in [5.41, 5.74) is 1.17. The molecule has 1 aromatic heterocycles. The van der Waals surface area contributed by atoms with Gasteiger partial charge in [0.25, 0.3) is 0 Å². The number of unbranched alkanes of at least 4 members (excludes halogenated alkanes) is 1. The lowest BCUT2D eigenvalue weighted by Gasteiger charge is -2.11. The van der Waals surface area contributed by atoms with E-state index in [1.54, 1.807) is 26.0 Å². The van der Waals surface area contributed by atoms with Gasteiger partial charge in [0.1, 0.15) is 11.5 Å². The van der Waals surface area contributed by atoms with E-state index in [0.717, 1.165) is 6.42 Å². The second-order valence-electron chi connectivity index (χ2n) is 4.38. The van der Waals surface area contributed by atoms with Gasteiger partial charge in [0, 0.05) is 18.9 Å². The molecule has 0 aliphatic carbocycles. The average molecular weight is 272 g/mol. The first kappa shape index (κ1) is 13.9. The number of rotatable bonds is 5. The van der Waals surface area contributed by atoms with Crippen LogP contribution in [0.1, 0.15) is 24.3 Å². The Morgan fingerprint density at radius 1 is 1.40 bits per heavy atom. The lowest BCUT2D eigenvalue weighted by atomic mass is 10.1. The maximum Gasteiger partial charge on any atom is 0.223 e. The highest BCUT2D eigenvalue weighted by atomic mass is 16.5. The normalized spacial score (nSPS) is 10.2. The first-order chi connectivity index (χ1) is 9.63. The van der Waals surface area contributed by atoms with Gasteiger partial charge in [-0.1, -0.05) is 5.16 Å². The fourth-order valence-corrected chi connectivity index (χ4v) is 1.78. The van der Waals surface area contributed by atoms with E-state index in [4.69, 9.17) is 15.7 Å². The van der Waals surface area contributed by atoms with Crippen LogP contribution in [0, 0.1) is 26.2 Å². The van der Waals surface area contributed by atoms with Crippen molar-refractivity contribution in [1.29, 1.82) is 0 Å². The van der Waals surface area contributed by atoms with Crippen LogP contribution in [-0.4, -0.2) is 21.9 Å². The number of terminal acetylenes is 1. The number of phenolic OH excluding ortho intramolecular Hbond substituents is 1.